The highest BCUT2D eigenvalue weighted by atomic mass is 35.5. The maximum absolute atomic E-state index is 13.4. The minimum atomic E-state index is -0.734. The zero-order valence-corrected chi connectivity index (χ0v) is 18.0. The Hall–Kier alpha value is -2.57. The van der Waals surface area contributed by atoms with Gasteiger partial charge in [-0.15, -0.1) is 0 Å². The number of benzene rings is 2. The van der Waals surface area contributed by atoms with Gasteiger partial charge in [-0.1, -0.05) is 41.9 Å². The molecule has 2 aromatic rings. The molecule has 1 atom stereocenters. The lowest BCUT2D eigenvalue weighted by atomic mass is 10.1. The smallest absolute Gasteiger partial charge is 0.268 e. The van der Waals surface area contributed by atoms with Gasteiger partial charge in [0.2, 0.25) is 12.0 Å². The second kappa shape index (κ2) is 11.0. The van der Waals surface area contributed by atoms with Gasteiger partial charge in [-0.25, -0.2) is 0 Å². The number of likely N-dealkylation sites (N-methyl/N-ethyl adjacent to an activating group) is 1. The van der Waals surface area contributed by atoms with Crippen molar-refractivity contribution in [1.82, 2.24) is 15.1 Å². The summed E-state index contributed by atoms with van der Waals surface area (Å²) in [4.78, 5) is 29.3. The van der Waals surface area contributed by atoms with Crippen LogP contribution >= 0.6 is 11.6 Å². The van der Waals surface area contributed by atoms with E-state index < -0.39 is 6.10 Å². The molecule has 2 amide bonds. The van der Waals surface area contributed by atoms with E-state index in [1.54, 1.807) is 24.3 Å². The van der Waals surface area contributed by atoms with E-state index in [0.29, 0.717) is 43.5 Å². The lowest BCUT2D eigenvalue weighted by Gasteiger charge is -2.27. The van der Waals surface area contributed by atoms with Crippen molar-refractivity contribution in [1.29, 1.82) is 0 Å². The third kappa shape index (κ3) is 6.21. The molecule has 2 aromatic carbocycles. The highest BCUT2D eigenvalue weighted by Crippen LogP contribution is 2.26. The van der Waals surface area contributed by atoms with Crippen molar-refractivity contribution in [3.05, 3.63) is 65.2 Å². The number of amides is 2. The Morgan fingerprint density at radius 3 is 2.47 bits per heavy atom. The summed E-state index contributed by atoms with van der Waals surface area (Å²) < 4.78 is 6.11. The highest BCUT2D eigenvalue weighted by Gasteiger charge is 2.29. The topological polar surface area (TPSA) is 61.9 Å². The summed E-state index contributed by atoms with van der Waals surface area (Å²) in [5.41, 5.74) is 0.806. The molecule has 0 bridgehead atoms. The number of hydrogen-bond acceptors (Lipinski definition) is 4. The van der Waals surface area contributed by atoms with Gasteiger partial charge in [0, 0.05) is 43.3 Å². The maximum atomic E-state index is 13.4. The molecule has 1 fully saturated rings. The van der Waals surface area contributed by atoms with Crippen LogP contribution in [0.5, 0.6) is 5.75 Å². The highest BCUT2D eigenvalue weighted by molar-refractivity contribution is 6.30. The molecule has 1 saturated heterocycles. The number of nitrogens with one attached hydrogen (secondary N) is 1. The van der Waals surface area contributed by atoms with E-state index in [0.717, 1.165) is 18.5 Å². The first-order chi connectivity index (χ1) is 14.6. The number of hydrogen-bond donors (Lipinski definition) is 1. The van der Waals surface area contributed by atoms with E-state index in [2.05, 4.69) is 10.2 Å². The quantitative estimate of drug-likeness (QED) is 0.734. The summed E-state index contributed by atoms with van der Waals surface area (Å²) >= 11 is 5.97. The first-order valence-corrected chi connectivity index (χ1v) is 10.7. The van der Waals surface area contributed by atoms with Gasteiger partial charge in [-0.05, 0) is 37.6 Å². The molecular formula is C23H28ClN3O3. The van der Waals surface area contributed by atoms with Crippen LogP contribution < -0.4 is 10.1 Å². The molecule has 160 valence electrons. The van der Waals surface area contributed by atoms with Crippen molar-refractivity contribution in [2.45, 2.75) is 19.4 Å². The predicted octanol–water partition coefficient (Wildman–Crippen LogP) is 3.13. The summed E-state index contributed by atoms with van der Waals surface area (Å²) in [5, 5.41) is 3.44. The maximum Gasteiger partial charge on any atom is 0.268 e. The molecule has 1 aliphatic rings. The predicted molar refractivity (Wildman–Crippen MR) is 118 cm³/mol. The Morgan fingerprint density at radius 2 is 1.77 bits per heavy atom. The zero-order valence-electron chi connectivity index (χ0n) is 17.2. The van der Waals surface area contributed by atoms with Crippen molar-refractivity contribution < 1.29 is 14.3 Å². The molecule has 1 N–H and O–H groups in total. The lowest BCUT2D eigenvalue weighted by molar-refractivity contribution is -0.139. The normalized spacial score (nSPS) is 15.9. The van der Waals surface area contributed by atoms with E-state index in [4.69, 9.17) is 16.3 Å². The van der Waals surface area contributed by atoms with E-state index in [-0.39, 0.29) is 11.8 Å². The minimum absolute atomic E-state index is 0.0190. The summed E-state index contributed by atoms with van der Waals surface area (Å²) in [6, 6.07) is 16.5. The van der Waals surface area contributed by atoms with Gasteiger partial charge in [0.15, 0.2) is 0 Å². The Labute approximate surface area is 182 Å². The van der Waals surface area contributed by atoms with Crippen molar-refractivity contribution in [3.8, 4) is 5.75 Å². The fourth-order valence-electron chi connectivity index (χ4n) is 3.51. The minimum Gasteiger partial charge on any atom is -0.476 e. The zero-order chi connectivity index (χ0) is 21.3. The standard InChI is InChI=1S/C23H28ClN3O3/c1-2-25-21(28)17-26-13-6-14-27(16-15-26)23(29)22(18-7-4-3-5-8-18)30-20-11-9-19(24)10-12-20/h3-5,7-12,22H,2,6,13-17H2,1H3,(H,25,28). The Balaban J connectivity index is 1.71. The van der Waals surface area contributed by atoms with Crippen molar-refractivity contribution in [2.75, 3.05) is 39.3 Å². The molecule has 30 heavy (non-hydrogen) atoms. The van der Waals surface area contributed by atoms with Crippen LogP contribution in [0.15, 0.2) is 54.6 Å². The molecule has 0 radical (unpaired) electrons. The fraction of sp³-hybridized carbons (Fsp3) is 0.391. The van der Waals surface area contributed by atoms with E-state index in [1.807, 2.05) is 42.2 Å². The Kier molecular flexibility index (Phi) is 8.11. The molecule has 1 unspecified atom stereocenters. The van der Waals surface area contributed by atoms with Crippen LogP contribution in [0.3, 0.4) is 0 Å². The molecule has 0 spiro atoms. The SMILES string of the molecule is CCNC(=O)CN1CCCN(C(=O)C(Oc2ccc(Cl)cc2)c2ccccc2)CC1. The molecule has 1 aliphatic heterocycles. The molecule has 3 rings (SSSR count). The third-order valence-corrected chi connectivity index (χ3v) is 5.29. The lowest BCUT2D eigenvalue weighted by Crippen LogP contribution is -2.41. The molecule has 7 heteroatoms. The number of carbonyl (C=O) groups excluding carboxylic acids is 2. The summed E-state index contributed by atoms with van der Waals surface area (Å²) in [7, 11) is 0. The monoisotopic (exact) mass is 429 g/mol. The fourth-order valence-corrected chi connectivity index (χ4v) is 3.64. The summed E-state index contributed by atoms with van der Waals surface area (Å²) in [5.74, 6) is 0.538. The molecule has 6 nitrogen and oxygen atoms in total. The second-order valence-corrected chi connectivity index (χ2v) is 7.71. The first kappa shape index (κ1) is 22.1. The van der Waals surface area contributed by atoms with Crippen LogP contribution in [0.2, 0.25) is 5.02 Å². The Bertz CT molecular complexity index is 829. The number of halogens is 1. The van der Waals surface area contributed by atoms with Gasteiger partial charge in [-0.2, -0.15) is 0 Å². The molecular weight excluding hydrogens is 402 g/mol. The van der Waals surface area contributed by atoms with Gasteiger partial charge in [0.1, 0.15) is 5.75 Å². The van der Waals surface area contributed by atoms with E-state index in [1.165, 1.54) is 0 Å². The van der Waals surface area contributed by atoms with Crippen molar-refractivity contribution in [2.24, 2.45) is 0 Å². The van der Waals surface area contributed by atoms with Gasteiger partial charge in [0.05, 0.1) is 6.54 Å². The Morgan fingerprint density at radius 1 is 1.03 bits per heavy atom. The average molecular weight is 430 g/mol. The summed E-state index contributed by atoms with van der Waals surface area (Å²) in [6.45, 7) is 5.53. The molecule has 0 saturated carbocycles. The van der Waals surface area contributed by atoms with Gasteiger partial charge < -0.3 is 15.0 Å². The average Bonchev–Trinajstić information content (AvgIpc) is 2.99. The summed E-state index contributed by atoms with van der Waals surface area (Å²) in [6.07, 6.45) is 0.0791. The number of nitrogens with zero attached hydrogens (tertiary/aromatic N) is 2. The molecule has 0 aliphatic carbocycles. The third-order valence-electron chi connectivity index (χ3n) is 5.04. The van der Waals surface area contributed by atoms with Crippen LogP contribution in [0.4, 0.5) is 0 Å². The first-order valence-electron chi connectivity index (χ1n) is 10.3. The van der Waals surface area contributed by atoms with Crippen LogP contribution in [0.25, 0.3) is 0 Å². The number of rotatable bonds is 7. The van der Waals surface area contributed by atoms with Crippen molar-refractivity contribution >= 4 is 23.4 Å². The van der Waals surface area contributed by atoms with Gasteiger partial charge in [-0.3, -0.25) is 14.5 Å². The van der Waals surface area contributed by atoms with Crippen LogP contribution in [-0.2, 0) is 9.59 Å². The van der Waals surface area contributed by atoms with Gasteiger partial charge in [0.25, 0.3) is 5.91 Å². The number of ether oxygens (including phenoxy) is 1. The van der Waals surface area contributed by atoms with Crippen molar-refractivity contribution in [3.63, 3.8) is 0 Å². The largest absolute Gasteiger partial charge is 0.476 e. The van der Waals surface area contributed by atoms with Crippen LogP contribution in [-0.4, -0.2) is 60.9 Å². The second-order valence-electron chi connectivity index (χ2n) is 7.27. The van der Waals surface area contributed by atoms with E-state index >= 15 is 0 Å². The van der Waals surface area contributed by atoms with Crippen LogP contribution in [0.1, 0.15) is 25.0 Å². The molecule has 1 heterocycles. The molecule has 0 aromatic heterocycles. The van der Waals surface area contributed by atoms with E-state index in [9.17, 15) is 9.59 Å². The van der Waals surface area contributed by atoms with Crippen LogP contribution in [0, 0.1) is 0 Å². The number of carbonyl (C=O) groups is 2. The van der Waals surface area contributed by atoms with Gasteiger partial charge >= 0.3 is 0 Å².